The maximum absolute atomic E-state index is 12.0. The Balaban J connectivity index is 1.85. The second kappa shape index (κ2) is 7.65. The van der Waals surface area contributed by atoms with E-state index < -0.39 is 0 Å². The molecule has 4 nitrogen and oxygen atoms in total. The molecule has 2 N–H and O–H groups in total. The van der Waals surface area contributed by atoms with E-state index in [0.717, 1.165) is 25.1 Å². The minimum absolute atomic E-state index is 0.125. The lowest BCUT2D eigenvalue weighted by Gasteiger charge is -2.07. The molecule has 5 heteroatoms. The minimum Gasteiger partial charge on any atom is -0.385 e. The van der Waals surface area contributed by atoms with E-state index >= 15 is 0 Å². The summed E-state index contributed by atoms with van der Waals surface area (Å²) in [6.07, 6.45) is 3.55. The fourth-order valence-electron chi connectivity index (χ4n) is 1.78. The number of nitrogens with zero attached hydrogens (tertiary/aromatic N) is 1. The summed E-state index contributed by atoms with van der Waals surface area (Å²) in [6.45, 7) is 3.62. The third-order valence-corrected chi connectivity index (χ3v) is 3.58. The summed E-state index contributed by atoms with van der Waals surface area (Å²) in [6, 6.07) is 5.73. The van der Waals surface area contributed by atoms with Crippen LogP contribution in [-0.4, -0.2) is 24.0 Å². The Morgan fingerprint density at radius 1 is 1.35 bits per heavy atom. The van der Waals surface area contributed by atoms with Crippen molar-refractivity contribution < 1.29 is 4.79 Å². The molecule has 0 unspecified atom stereocenters. The van der Waals surface area contributed by atoms with Gasteiger partial charge in [0.15, 0.2) is 0 Å². The highest BCUT2D eigenvalue weighted by molar-refractivity contribution is 7.07. The molecule has 0 radical (unpaired) electrons. The summed E-state index contributed by atoms with van der Waals surface area (Å²) in [5, 5.41) is 10.3. The molecule has 0 aliphatic rings. The molecule has 0 atom stereocenters. The maximum Gasteiger partial charge on any atom is 0.269 e. The number of aromatic nitrogens is 1. The number of carbonyl (C=O) groups excluding carboxylic acids is 1. The van der Waals surface area contributed by atoms with Gasteiger partial charge in [0, 0.05) is 25.0 Å². The van der Waals surface area contributed by atoms with Gasteiger partial charge in [0.2, 0.25) is 0 Å². The van der Waals surface area contributed by atoms with Crippen LogP contribution < -0.4 is 10.6 Å². The van der Waals surface area contributed by atoms with Crippen molar-refractivity contribution in [3.8, 4) is 0 Å². The molecule has 1 amide bonds. The third-order valence-electron chi connectivity index (χ3n) is 2.85. The number of pyridine rings is 1. The Kier molecular flexibility index (Phi) is 5.55. The van der Waals surface area contributed by atoms with Gasteiger partial charge in [-0.3, -0.25) is 9.78 Å². The van der Waals surface area contributed by atoms with Gasteiger partial charge in [-0.25, -0.2) is 0 Å². The third kappa shape index (κ3) is 4.35. The normalized spacial score (nSPS) is 10.2. The zero-order chi connectivity index (χ0) is 14.2. The van der Waals surface area contributed by atoms with E-state index in [2.05, 4.69) is 34.0 Å². The standard InChI is InChI=1S/C15H19N3OS/c1-2-6-16-13-4-8-17-14(10-13)15(19)18-7-3-12-5-9-20-11-12/h4-5,8-11H,2-3,6-7H2,1H3,(H,16,17)(H,18,19). The Morgan fingerprint density at radius 3 is 3.00 bits per heavy atom. The zero-order valence-electron chi connectivity index (χ0n) is 11.6. The van der Waals surface area contributed by atoms with Crippen LogP contribution >= 0.6 is 11.3 Å². The SMILES string of the molecule is CCCNc1ccnc(C(=O)NCCc2ccsc2)c1. The predicted molar refractivity (Wildman–Crippen MR) is 83.4 cm³/mol. The fourth-order valence-corrected chi connectivity index (χ4v) is 2.48. The summed E-state index contributed by atoms with van der Waals surface area (Å²) in [5.74, 6) is -0.125. The molecule has 0 saturated heterocycles. The average Bonchev–Trinajstić information content (AvgIpc) is 2.98. The first kappa shape index (κ1) is 14.5. The monoisotopic (exact) mass is 289 g/mol. The van der Waals surface area contributed by atoms with Gasteiger partial charge < -0.3 is 10.6 Å². The summed E-state index contributed by atoms with van der Waals surface area (Å²) in [7, 11) is 0. The number of carbonyl (C=O) groups is 1. The van der Waals surface area contributed by atoms with Gasteiger partial charge in [0.1, 0.15) is 5.69 Å². The van der Waals surface area contributed by atoms with Crippen molar-refractivity contribution in [1.82, 2.24) is 10.3 Å². The molecular weight excluding hydrogens is 270 g/mol. The molecule has 0 spiro atoms. The van der Waals surface area contributed by atoms with Crippen LogP contribution in [0, 0.1) is 0 Å². The molecule has 0 saturated carbocycles. The quantitative estimate of drug-likeness (QED) is 0.824. The zero-order valence-corrected chi connectivity index (χ0v) is 12.4. The molecule has 20 heavy (non-hydrogen) atoms. The first-order chi connectivity index (χ1) is 9.79. The molecule has 0 fully saturated rings. The van der Waals surface area contributed by atoms with E-state index in [1.165, 1.54) is 5.56 Å². The van der Waals surface area contributed by atoms with Crippen molar-refractivity contribution in [2.75, 3.05) is 18.4 Å². The van der Waals surface area contributed by atoms with E-state index in [4.69, 9.17) is 0 Å². The van der Waals surface area contributed by atoms with Crippen molar-refractivity contribution in [3.63, 3.8) is 0 Å². The van der Waals surface area contributed by atoms with Gasteiger partial charge in [-0.2, -0.15) is 11.3 Å². The van der Waals surface area contributed by atoms with E-state index in [0.29, 0.717) is 12.2 Å². The van der Waals surface area contributed by atoms with Crippen LogP contribution in [0.2, 0.25) is 0 Å². The molecule has 0 aliphatic heterocycles. The van der Waals surface area contributed by atoms with Gasteiger partial charge in [-0.1, -0.05) is 6.92 Å². The number of hydrogen-bond donors (Lipinski definition) is 2. The second-order valence-electron chi connectivity index (χ2n) is 4.49. The van der Waals surface area contributed by atoms with Crippen LogP contribution in [-0.2, 0) is 6.42 Å². The lowest BCUT2D eigenvalue weighted by molar-refractivity contribution is 0.0949. The van der Waals surface area contributed by atoms with Crippen LogP contribution in [0.3, 0.4) is 0 Å². The summed E-state index contributed by atoms with van der Waals surface area (Å²) in [4.78, 5) is 16.1. The number of amides is 1. The lowest BCUT2D eigenvalue weighted by Crippen LogP contribution is -2.26. The van der Waals surface area contributed by atoms with Crippen LogP contribution in [0.1, 0.15) is 29.4 Å². The van der Waals surface area contributed by atoms with Crippen molar-refractivity contribution in [1.29, 1.82) is 0 Å². The molecule has 0 aliphatic carbocycles. The van der Waals surface area contributed by atoms with Crippen molar-refractivity contribution >= 4 is 22.9 Å². The average molecular weight is 289 g/mol. The smallest absolute Gasteiger partial charge is 0.269 e. The molecule has 106 valence electrons. The summed E-state index contributed by atoms with van der Waals surface area (Å²) >= 11 is 1.67. The summed E-state index contributed by atoms with van der Waals surface area (Å²) < 4.78 is 0. The fraction of sp³-hybridized carbons (Fsp3) is 0.333. The first-order valence-corrected chi connectivity index (χ1v) is 7.73. The Bertz CT molecular complexity index is 540. The van der Waals surface area contributed by atoms with E-state index in [1.54, 1.807) is 23.6 Å². The van der Waals surface area contributed by atoms with Gasteiger partial charge in [0.25, 0.3) is 5.91 Å². The molecular formula is C15H19N3OS. The van der Waals surface area contributed by atoms with Gasteiger partial charge in [-0.15, -0.1) is 0 Å². The molecule has 2 aromatic rings. The van der Waals surface area contributed by atoms with Crippen LogP contribution in [0.25, 0.3) is 0 Å². The van der Waals surface area contributed by atoms with E-state index in [9.17, 15) is 4.79 Å². The number of nitrogens with one attached hydrogen (secondary N) is 2. The number of hydrogen-bond acceptors (Lipinski definition) is 4. The van der Waals surface area contributed by atoms with Crippen LogP contribution in [0.4, 0.5) is 5.69 Å². The van der Waals surface area contributed by atoms with Gasteiger partial charge >= 0.3 is 0 Å². The molecule has 2 rings (SSSR count). The Morgan fingerprint density at radius 2 is 2.25 bits per heavy atom. The number of rotatable bonds is 7. The van der Waals surface area contributed by atoms with E-state index in [1.807, 2.05) is 11.4 Å². The lowest BCUT2D eigenvalue weighted by atomic mass is 10.2. The predicted octanol–water partition coefficient (Wildman–Crippen LogP) is 2.94. The van der Waals surface area contributed by atoms with Crippen molar-refractivity contribution in [3.05, 3.63) is 46.4 Å². The molecule has 0 aromatic carbocycles. The molecule has 2 heterocycles. The largest absolute Gasteiger partial charge is 0.385 e. The van der Waals surface area contributed by atoms with E-state index in [-0.39, 0.29) is 5.91 Å². The van der Waals surface area contributed by atoms with Gasteiger partial charge in [-0.05, 0) is 47.4 Å². The Hall–Kier alpha value is -1.88. The molecule has 0 bridgehead atoms. The van der Waals surface area contributed by atoms with Gasteiger partial charge in [0.05, 0.1) is 0 Å². The molecule has 2 aromatic heterocycles. The Labute approximate surface area is 123 Å². The van der Waals surface area contributed by atoms with Crippen molar-refractivity contribution in [2.24, 2.45) is 0 Å². The minimum atomic E-state index is -0.125. The van der Waals surface area contributed by atoms with Crippen LogP contribution in [0.5, 0.6) is 0 Å². The highest BCUT2D eigenvalue weighted by Gasteiger charge is 2.07. The van der Waals surface area contributed by atoms with Crippen molar-refractivity contribution in [2.45, 2.75) is 19.8 Å². The highest BCUT2D eigenvalue weighted by Crippen LogP contribution is 2.08. The summed E-state index contributed by atoms with van der Waals surface area (Å²) in [5.41, 5.74) is 2.64. The highest BCUT2D eigenvalue weighted by atomic mass is 32.1. The topological polar surface area (TPSA) is 54.0 Å². The second-order valence-corrected chi connectivity index (χ2v) is 5.27. The number of anilines is 1. The first-order valence-electron chi connectivity index (χ1n) is 6.79. The van der Waals surface area contributed by atoms with Crippen LogP contribution in [0.15, 0.2) is 35.2 Å². The number of thiophene rings is 1. The maximum atomic E-state index is 12.0.